The highest BCUT2D eigenvalue weighted by atomic mass is 127. The molecule has 1 N–H and O–H groups in total. The first-order valence-electron chi connectivity index (χ1n) is 8.29. The lowest BCUT2D eigenvalue weighted by Gasteiger charge is -2.09. The quantitative estimate of drug-likeness (QED) is 0.278. The van der Waals surface area contributed by atoms with Gasteiger partial charge in [-0.1, -0.05) is 18.2 Å². The Kier molecular flexibility index (Phi) is 6.57. The number of hydrogen-bond acceptors (Lipinski definition) is 4. The molecule has 0 fully saturated rings. The summed E-state index contributed by atoms with van der Waals surface area (Å²) in [4.78, 5) is 12.1. The van der Waals surface area contributed by atoms with Gasteiger partial charge in [-0.15, -0.1) is 0 Å². The molecule has 29 heavy (non-hydrogen) atoms. The van der Waals surface area contributed by atoms with Crippen LogP contribution < -0.4 is 10.2 Å². The minimum atomic E-state index is -4.51. The van der Waals surface area contributed by atoms with E-state index in [1.165, 1.54) is 24.3 Å². The molecule has 0 bridgehead atoms. The van der Waals surface area contributed by atoms with Crippen molar-refractivity contribution in [2.45, 2.75) is 12.8 Å². The third kappa shape index (κ3) is 5.83. The predicted octanol–water partition coefficient (Wildman–Crippen LogP) is 5.25. The summed E-state index contributed by atoms with van der Waals surface area (Å²) in [7, 11) is 0. The molecule has 150 valence electrons. The first-order chi connectivity index (χ1) is 13.8. The van der Waals surface area contributed by atoms with E-state index >= 15 is 0 Å². The molecule has 0 aliphatic carbocycles. The summed E-state index contributed by atoms with van der Waals surface area (Å²) in [5.41, 5.74) is 1.14. The third-order valence-corrected chi connectivity index (χ3v) is 4.44. The molecular formula is C20H14F3IN2O3. The Balaban J connectivity index is 1.58. The van der Waals surface area contributed by atoms with Crippen molar-refractivity contribution in [3.8, 4) is 5.75 Å². The third-order valence-electron chi connectivity index (χ3n) is 3.72. The summed E-state index contributed by atoms with van der Waals surface area (Å²) in [5.74, 6) is 0.347. The number of benzene rings is 2. The lowest BCUT2D eigenvalue weighted by atomic mass is 10.1. The summed E-state index contributed by atoms with van der Waals surface area (Å²) < 4.78 is 50.8. The Morgan fingerprint density at radius 3 is 2.55 bits per heavy atom. The Morgan fingerprint density at radius 1 is 1.10 bits per heavy atom. The van der Waals surface area contributed by atoms with Crippen molar-refractivity contribution in [3.05, 3.63) is 86.9 Å². The molecule has 0 aliphatic heterocycles. The van der Waals surface area contributed by atoms with Crippen molar-refractivity contribution < 1.29 is 27.1 Å². The van der Waals surface area contributed by atoms with Gasteiger partial charge in [0.1, 0.15) is 18.1 Å². The monoisotopic (exact) mass is 514 g/mol. The Bertz CT molecular complexity index is 1010. The van der Waals surface area contributed by atoms with Crippen molar-refractivity contribution in [1.29, 1.82) is 0 Å². The predicted molar refractivity (Wildman–Crippen MR) is 109 cm³/mol. The second-order valence-electron chi connectivity index (χ2n) is 5.79. The number of nitrogens with zero attached hydrogens (tertiary/aromatic N) is 1. The van der Waals surface area contributed by atoms with Gasteiger partial charge in [0, 0.05) is 9.13 Å². The minimum absolute atomic E-state index is 0.0348. The fraction of sp³-hybridized carbons (Fsp3) is 0.100. The maximum Gasteiger partial charge on any atom is 0.417 e. The van der Waals surface area contributed by atoms with Gasteiger partial charge in [-0.3, -0.25) is 4.79 Å². The largest absolute Gasteiger partial charge is 0.486 e. The number of hydrazone groups is 1. The Hall–Kier alpha value is -2.82. The first kappa shape index (κ1) is 20.9. The van der Waals surface area contributed by atoms with Crippen LogP contribution in [0.25, 0.3) is 0 Å². The van der Waals surface area contributed by atoms with Crippen molar-refractivity contribution in [1.82, 2.24) is 5.43 Å². The molecule has 9 heteroatoms. The van der Waals surface area contributed by atoms with Crippen molar-refractivity contribution >= 4 is 34.7 Å². The van der Waals surface area contributed by atoms with E-state index in [0.717, 1.165) is 15.9 Å². The number of hydrogen-bond donors (Lipinski definition) is 1. The fourth-order valence-corrected chi connectivity index (χ4v) is 2.71. The summed E-state index contributed by atoms with van der Waals surface area (Å²) >= 11 is 2.18. The topological polar surface area (TPSA) is 63.8 Å². The van der Waals surface area contributed by atoms with Crippen LogP contribution in [0.3, 0.4) is 0 Å². The zero-order valence-electron chi connectivity index (χ0n) is 14.7. The van der Waals surface area contributed by atoms with Gasteiger partial charge in [-0.2, -0.15) is 18.3 Å². The van der Waals surface area contributed by atoms with Gasteiger partial charge in [-0.05, 0) is 65.1 Å². The van der Waals surface area contributed by atoms with Gasteiger partial charge in [0.05, 0.1) is 11.8 Å². The van der Waals surface area contributed by atoms with E-state index in [4.69, 9.17) is 9.15 Å². The van der Waals surface area contributed by atoms with Gasteiger partial charge in [-0.25, -0.2) is 5.43 Å². The van der Waals surface area contributed by atoms with E-state index in [1.807, 2.05) is 24.3 Å². The molecule has 0 unspecified atom stereocenters. The van der Waals surface area contributed by atoms with Crippen LogP contribution in [0.5, 0.6) is 5.75 Å². The normalized spacial score (nSPS) is 11.6. The molecule has 0 radical (unpaired) electrons. The number of alkyl halides is 3. The molecule has 3 aromatic rings. The summed E-state index contributed by atoms with van der Waals surface area (Å²) in [6.45, 7) is 0.121. The van der Waals surface area contributed by atoms with Crippen LogP contribution >= 0.6 is 22.6 Å². The van der Waals surface area contributed by atoms with Gasteiger partial charge in [0.15, 0.2) is 5.76 Å². The van der Waals surface area contributed by atoms with E-state index in [9.17, 15) is 18.0 Å². The second kappa shape index (κ2) is 9.12. The van der Waals surface area contributed by atoms with Gasteiger partial charge in [0.25, 0.3) is 0 Å². The van der Waals surface area contributed by atoms with Crippen molar-refractivity contribution in [3.63, 3.8) is 0 Å². The van der Waals surface area contributed by atoms with E-state index in [1.54, 1.807) is 6.07 Å². The molecule has 0 aliphatic rings. The lowest BCUT2D eigenvalue weighted by molar-refractivity contribution is -0.137. The highest BCUT2D eigenvalue weighted by Crippen LogP contribution is 2.31. The molecule has 0 spiro atoms. The number of nitrogens with one attached hydrogen (secondary N) is 1. The Labute approximate surface area is 177 Å². The molecule has 0 saturated carbocycles. The zero-order valence-corrected chi connectivity index (χ0v) is 16.9. The zero-order chi connectivity index (χ0) is 20.9. The number of carbonyl (C=O) groups excluding carboxylic acids is 1. The molecule has 5 nitrogen and oxygen atoms in total. The van der Waals surface area contributed by atoms with Crippen LogP contribution in [-0.2, 0) is 12.8 Å². The molecule has 3 rings (SSSR count). The van der Waals surface area contributed by atoms with E-state index in [2.05, 4.69) is 33.1 Å². The summed E-state index contributed by atoms with van der Waals surface area (Å²) in [6.07, 6.45) is -3.58. The van der Waals surface area contributed by atoms with Crippen LogP contribution in [0.4, 0.5) is 13.2 Å². The number of furan rings is 1. The van der Waals surface area contributed by atoms with Crippen molar-refractivity contribution in [2.75, 3.05) is 0 Å². The van der Waals surface area contributed by atoms with E-state index in [0.29, 0.717) is 11.5 Å². The molecule has 0 saturated heterocycles. The lowest BCUT2D eigenvalue weighted by Crippen LogP contribution is -2.17. The number of carbonyl (C=O) groups is 1. The Morgan fingerprint density at radius 2 is 1.83 bits per heavy atom. The van der Waals surface area contributed by atoms with Crippen LogP contribution in [0.15, 0.2) is 70.2 Å². The maximum absolute atomic E-state index is 12.9. The molecule has 0 atom stereocenters. The molecule has 2 aromatic carbocycles. The van der Waals surface area contributed by atoms with Gasteiger partial charge >= 0.3 is 12.1 Å². The highest BCUT2D eigenvalue weighted by molar-refractivity contribution is 14.1. The molecule has 1 heterocycles. The standard InChI is InChI=1S/C20H14F3IN2O3/c21-20(22,23)17-4-2-1-3-13(17)11-25-26-19(27)18-10-9-16(29-18)12-28-15-7-5-14(24)6-8-15/h1-11H,12H2,(H,26,27)/b25-11+. The van der Waals surface area contributed by atoms with Gasteiger partial charge in [0.2, 0.25) is 0 Å². The SMILES string of the molecule is O=C(N/N=C/c1ccccc1C(F)(F)F)c1ccc(COc2ccc(I)cc2)o1. The number of amides is 1. The van der Waals surface area contributed by atoms with Gasteiger partial charge < -0.3 is 9.15 Å². The molecule has 1 aromatic heterocycles. The first-order valence-corrected chi connectivity index (χ1v) is 9.37. The smallest absolute Gasteiger partial charge is 0.417 e. The number of ether oxygens (including phenoxy) is 1. The summed E-state index contributed by atoms with van der Waals surface area (Å²) in [6, 6.07) is 15.3. The minimum Gasteiger partial charge on any atom is -0.486 e. The fourth-order valence-electron chi connectivity index (χ4n) is 2.35. The maximum atomic E-state index is 12.9. The van der Waals surface area contributed by atoms with Crippen LogP contribution in [0.1, 0.15) is 27.4 Å². The number of halogens is 4. The highest BCUT2D eigenvalue weighted by Gasteiger charge is 2.32. The average Bonchev–Trinajstić information content (AvgIpc) is 3.16. The van der Waals surface area contributed by atoms with Crippen LogP contribution in [-0.4, -0.2) is 12.1 Å². The van der Waals surface area contributed by atoms with Crippen molar-refractivity contribution in [2.24, 2.45) is 5.10 Å². The summed E-state index contributed by atoms with van der Waals surface area (Å²) in [5, 5.41) is 3.59. The van der Waals surface area contributed by atoms with E-state index in [-0.39, 0.29) is 17.9 Å². The van der Waals surface area contributed by atoms with E-state index < -0.39 is 17.6 Å². The van der Waals surface area contributed by atoms with Crippen LogP contribution in [0.2, 0.25) is 0 Å². The second-order valence-corrected chi connectivity index (χ2v) is 7.04. The van der Waals surface area contributed by atoms with Crippen LogP contribution in [0, 0.1) is 3.57 Å². The molecular weight excluding hydrogens is 500 g/mol. The molecule has 1 amide bonds. The average molecular weight is 514 g/mol. The number of rotatable bonds is 6.